The molecule has 7 nitrogen and oxygen atoms in total. The molecule has 1 fully saturated rings. The number of nitrogens with zero attached hydrogens (tertiary/aromatic N) is 5. The Morgan fingerprint density at radius 2 is 1.68 bits per heavy atom. The molecule has 2 aromatic heterocycles. The number of benzene rings is 2. The van der Waals surface area contributed by atoms with Gasteiger partial charge < -0.3 is 5.32 Å². The van der Waals surface area contributed by atoms with Crippen molar-refractivity contribution >= 4 is 5.69 Å². The summed E-state index contributed by atoms with van der Waals surface area (Å²) in [4.78, 5) is 15.6. The van der Waals surface area contributed by atoms with E-state index in [1.54, 1.807) is 6.20 Å². The first kappa shape index (κ1) is 19.4. The summed E-state index contributed by atoms with van der Waals surface area (Å²) < 4.78 is 0. The van der Waals surface area contributed by atoms with E-state index in [2.05, 4.69) is 72.8 Å². The predicted octanol–water partition coefficient (Wildman–Crippen LogP) is 3.87. The molecule has 0 saturated carbocycles. The van der Waals surface area contributed by atoms with Crippen LogP contribution in [0.1, 0.15) is 24.2 Å². The van der Waals surface area contributed by atoms with Crippen LogP contribution in [0, 0.1) is 0 Å². The first-order chi connectivity index (χ1) is 15.3. The molecule has 31 heavy (non-hydrogen) atoms. The van der Waals surface area contributed by atoms with E-state index in [0.29, 0.717) is 11.5 Å². The van der Waals surface area contributed by atoms with Crippen molar-refractivity contribution in [2.75, 3.05) is 18.4 Å². The minimum Gasteiger partial charge on any atom is -0.373 e. The Hall–Kier alpha value is -3.58. The predicted molar refractivity (Wildman–Crippen MR) is 120 cm³/mol. The summed E-state index contributed by atoms with van der Waals surface area (Å²) in [5, 5.41) is 11.4. The summed E-state index contributed by atoms with van der Waals surface area (Å²) in [5.41, 5.74) is 2.83. The molecular formula is C24H25N7. The van der Waals surface area contributed by atoms with Crippen molar-refractivity contribution in [1.82, 2.24) is 30.0 Å². The molecule has 0 spiro atoms. The highest BCUT2D eigenvalue weighted by Crippen LogP contribution is 2.35. The van der Waals surface area contributed by atoms with Gasteiger partial charge >= 0.3 is 0 Å². The normalized spacial score (nSPS) is 16.1. The zero-order valence-electron chi connectivity index (χ0n) is 17.3. The molecule has 0 amide bonds. The molecule has 0 unspecified atom stereocenters. The number of H-pyrrole nitrogens is 1. The van der Waals surface area contributed by atoms with Crippen molar-refractivity contribution in [3.05, 3.63) is 90.6 Å². The fourth-order valence-corrected chi connectivity index (χ4v) is 4.17. The van der Waals surface area contributed by atoms with Crippen molar-refractivity contribution in [1.29, 1.82) is 0 Å². The van der Waals surface area contributed by atoms with Gasteiger partial charge in [0.1, 0.15) is 12.0 Å². The molecule has 2 aromatic carbocycles. The molecule has 7 heteroatoms. The van der Waals surface area contributed by atoms with Crippen LogP contribution in [0.3, 0.4) is 0 Å². The van der Waals surface area contributed by atoms with Crippen molar-refractivity contribution in [3.63, 3.8) is 0 Å². The fraction of sp³-hybridized carbons (Fsp3) is 0.250. The van der Waals surface area contributed by atoms with Gasteiger partial charge in [-0.3, -0.25) is 10.00 Å². The van der Waals surface area contributed by atoms with Gasteiger partial charge in [0.2, 0.25) is 0 Å². The highest BCUT2D eigenvalue weighted by atomic mass is 15.3. The van der Waals surface area contributed by atoms with Crippen LogP contribution in [-0.2, 0) is 12.1 Å². The van der Waals surface area contributed by atoms with E-state index < -0.39 is 0 Å². The Morgan fingerprint density at radius 3 is 2.39 bits per heavy atom. The number of para-hydroxylation sites is 1. The molecule has 0 aliphatic carbocycles. The van der Waals surface area contributed by atoms with E-state index in [0.717, 1.165) is 44.0 Å². The van der Waals surface area contributed by atoms with Gasteiger partial charge in [-0.1, -0.05) is 48.5 Å². The summed E-state index contributed by atoms with van der Waals surface area (Å²) in [6, 6.07) is 22.8. The summed E-state index contributed by atoms with van der Waals surface area (Å²) in [7, 11) is 0. The number of anilines is 1. The molecule has 1 saturated heterocycles. The third kappa shape index (κ3) is 4.32. The first-order valence-corrected chi connectivity index (χ1v) is 10.6. The quantitative estimate of drug-likeness (QED) is 0.501. The maximum Gasteiger partial charge on any atom is 0.199 e. The van der Waals surface area contributed by atoms with E-state index in [9.17, 15) is 0 Å². The number of nitrogens with one attached hydrogen (secondary N) is 2. The van der Waals surface area contributed by atoms with Crippen LogP contribution in [0.25, 0.3) is 11.5 Å². The number of piperidine rings is 1. The maximum absolute atomic E-state index is 4.84. The van der Waals surface area contributed by atoms with Gasteiger partial charge in [0, 0.05) is 31.5 Å². The lowest BCUT2D eigenvalue weighted by molar-refractivity contribution is 0.162. The highest BCUT2D eigenvalue weighted by molar-refractivity contribution is 5.50. The van der Waals surface area contributed by atoms with E-state index >= 15 is 0 Å². The second-order valence-corrected chi connectivity index (χ2v) is 7.94. The molecular weight excluding hydrogens is 386 g/mol. The van der Waals surface area contributed by atoms with Crippen LogP contribution in [-0.4, -0.2) is 43.1 Å². The standard InChI is InChI=1S/C24H25N7/c1-3-7-19(8-4-1)17-31-15-12-24(13-16-31,28-20-9-5-2-6-10-20)23-27-22(29-30-23)21-11-14-25-18-26-21/h1-11,14,18,28H,12-13,15-17H2,(H,27,29,30). The van der Waals surface area contributed by atoms with Crippen molar-refractivity contribution in [2.24, 2.45) is 0 Å². The lowest BCUT2D eigenvalue weighted by atomic mass is 9.86. The van der Waals surface area contributed by atoms with Gasteiger partial charge in [0.25, 0.3) is 0 Å². The number of aromatic nitrogens is 5. The topological polar surface area (TPSA) is 82.6 Å². The third-order valence-electron chi connectivity index (χ3n) is 5.87. The monoisotopic (exact) mass is 411 g/mol. The average molecular weight is 412 g/mol. The Labute approximate surface area is 181 Å². The van der Waals surface area contributed by atoms with Crippen LogP contribution >= 0.6 is 0 Å². The highest BCUT2D eigenvalue weighted by Gasteiger charge is 2.39. The van der Waals surface area contributed by atoms with E-state index in [1.807, 2.05) is 24.3 Å². The summed E-state index contributed by atoms with van der Waals surface area (Å²) in [5.74, 6) is 1.45. The summed E-state index contributed by atoms with van der Waals surface area (Å²) >= 11 is 0. The molecule has 0 atom stereocenters. The molecule has 5 rings (SSSR count). The second-order valence-electron chi connectivity index (χ2n) is 7.94. The Balaban J connectivity index is 1.40. The fourth-order valence-electron chi connectivity index (χ4n) is 4.17. The van der Waals surface area contributed by atoms with Gasteiger partial charge in [-0.05, 0) is 36.6 Å². The minimum atomic E-state index is -0.313. The molecule has 0 bridgehead atoms. The van der Waals surface area contributed by atoms with Gasteiger partial charge in [0.15, 0.2) is 11.6 Å². The summed E-state index contributed by atoms with van der Waals surface area (Å²) in [6.07, 6.45) is 5.07. The largest absolute Gasteiger partial charge is 0.373 e. The van der Waals surface area contributed by atoms with Crippen molar-refractivity contribution in [3.8, 4) is 11.5 Å². The lowest BCUT2D eigenvalue weighted by Crippen LogP contribution is -2.47. The average Bonchev–Trinajstić information content (AvgIpc) is 3.34. The third-order valence-corrected chi connectivity index (χ3v) is 5.87. The number of hydrogen-bond donors (Lipinski definition) is 2. The zero-order chi connectivity index (χ0) is 20.9. The number of rotatable bonds is 6. The first-order valence-electron chi connectivity index (χ1n) is 10.6. The van der Waals surface area contributed by atoms with Crippen LogP contribution in [0.4, 0.5) is 5.69 Å². The van der Waals surface area contributed by atoms with Crippen LogP contribution < -0.4 is 5.32 Å². The van der Waals surface area contributed by atoms with Gasteiger partial charge in [-0.25, -0.2) is 15.0 Å². The molecule has 2 N–H and O–H groups in total. The molecule has 0 radical (unpaired) electrons. The summed E-state index contributed by atoms with van der Waals surface area (Å²) in [6.45, 7) is 2.90. The molecule has 1 aliphatic rings. The van der Waals surface area contributed by atoms with Gasteiger partial charge in [-0.15, -0.1) is 0 Å². The number of likely N-dealkylation sites (tertiary alicyclic amines) is 1. The van der Waals surface area contributed by atoms with E-state index in [4.69, 9.17) is 4.98 Å². The molecule has 3 heterocycles. The Kier molecular flexibility index (Phi) is 5.41. The van der Waals surface area contributed by atoms with E-state index in [1.165, 1.54) is 11.9 Å². The second kappa shape index (κ2) is 8.65. The van der Waals surface area contributed by atoms with Crippen molar-refractivity contribution < 1.29 is 0 Å². The van der Waals surface area contributed by atoms with Crippen LogP contribution in [0.15, 0.2) is 79.3 Å². The van der Waals surface area contributed by atoms with E-state index in [-0.39, 0.29) is 5.54 Å². The molecule has 1 aliphatic heterocycles. The number of aromatic amines is 1. The Morgan fingerprint density at radius 1 is 0.935 bits per heavy atom. The minimum absolute atomic E-state index is 0.313. The molecule has 156 valence electrons. The lowest BCUT2D eigenvalue weighted by Gasteiger charge is -2.41. The Bertz CT molecular complexity index is 1090. The van der Waals surface area contributed by atoms with Gasteiger partial charge in [0.05, 0.1) is 5.54 Å². The smallest absolute Gasteiger partial charge is 0.199 e. The van der Waals surface area contributed by atoms with Crippen molar-refractivity contribution in [2.45, 2.75) is 24.9 Å². The van der Waals surface area contributed by atoms with Crippen LogP contribution in [0.2, 0.25) is 0 Å². The van der Waals surface area contributed by atoms with Crippen LogP contribution in [0.5, 0.6) is 0 Å². The number of hydrogen-bond acceptors (Lipinski definition) is 6. The zero-order valence-corrected chi connectivity index (χ0v) is 17.3. The van der Waals surface area contributed by atoms with Gasteiger partial charge in [-0.2, -0.15) is 5.10 Å². The molecule has 4 aromatic rings. The SMILES string of the molecule is c1ccc(CN2CCC(Nc3ccccc3)(c3nc(-c4ccncn4)n[nH]3)CC2)cc1. The maximum atomic E-state index is 4.84.